The summed E-state index contributed by atoms with van der Waals surface area (Å²) >= 11 is 0. The van der Waals surface area contributed by atoms with Crippen molar-refractivity contribution in [1.82, 2.24) is 10.6 Å². The minimum atomic E-state index is -4.89. The molecule has 1 heterocycles. The molecule has 2 fully saturated rings. The second kappa shape index (κ2) is 4.58. The molecule has 3 rings (SSSR count). The van der Waals surface area contributed by atoms with Crippen molar-refractivity contribution in [3.05, 3.63) is 24.3 Å². The second-order valence-corrected chi connectivity index (χ2v) is 5.79. The van der Waals surface area contributed by atoms with Crippen molar-refractivity contribution in [3.8, 4) is 0 Å². The highest BCUT2D eigenvalue weighted by Gasteiger charge is 2.64. The van der Waals surface area contributed by atoms with E-state index in [1.807, 2.05) is 24.3 Å². The molecule has 1 saturated heterocycles. The fourth-order valence-corrected chi connectivity index (χ4v) is 3.99. The van der Waals surface area contributed by atoms with Gasteiger partial charge in [-0.3, -0.25) is 10.1 Å². The van der Waals surface area contributed by atoms with Gasteiger partial charge in [0.25, 0.3) is 0 Å². The first-order valence-electron chi connectivity index (χ1n) is 6.92. The molecule has 116 valence electrons. The quantitative estimate of drug-likeness (QED) is 0.815. The fraction of sp³-hybridized carbons (Fsp3) is 0.643. The molecule has 0 spiro atoms. The Morgan fingerprint density at radius 2 is 2.19 bits per heavy atom. The second-order valence-electron chi connectivity index (χ2n) is 5.79. The lowest BCUT2D eigenvalue weighted by molar-refractivity contribution is -0.176. The molecule has 2 N–H and O–H groups in total. The van der Waals surface area contributed by atoms with Crippen LogP contribution in [0.3, 0.4) is 0 Å². The van der Waals surface area contributed by atoms with Crippen molar-refractivity contribution < 1.29 is 22.7 Å². The Labute approximate surface area is 120 Å². The average molecular weight is 302 g/mol. The zero-order valence-corrected chi connectivity index (χ0v) is 11.5. The first-order valence-corrected chi connectivity index (χ1v) is 6.92. The highest BCUT2D eigenvalue weighted by atomic mass is 19.4. The van der Waals surface area contributed by atoms with Crippen molar-refractivity contribution in [3.63, 3.8) is 0 Å². The molecule has 3 aliphatic rings. The predicted octanol–water partition coefficient (Wildman–Crippen LogP) is 1.64. The summed E-state index contributed by atoms with van der Waals surface area (Å²) in [5.41, 5.74) is -1.77. The van der Waals surface area contributed by atoms with Crippen LogP contribution < -0.4 is 10.6 Å². The summed E-state index contributed by atoms with van der Waals surface area (Å²) in [7, 11) is 1.55. The van der Waals surface area contributed by atoms with Crippen molar-refractivity contribution in [2.45, 2.75) is 42.7 Å². The van der Waals surface area contributed by atoms with E-state index in [9.17, 15) is 18.0 Å². The summed E-state index contributed by atoms with van der Waals surface area (Å²) in [5.74, 6) is -2.13. The molecule has 0 radical (unpaired) electrons. The largest absolute Gasteiger partial charge is 0.471 e. The molecule has 2 unspecified atom stereocenters. The molecule has 1 aliphatic heterocycles. The van der Waals surface area contributed by atoms with Crippen LogP contribution in [0.4, 0.5) is 13.2 Å². The maximum atomic E-state index is 12.6. The molecule has 1 saturated carbocycles. The molecular weight excluding hydrogens is 285 g/mol. The van der Waals surface area contributed by atoms with Gasteiger partial charge in [-0.2, -0.15) is 13.2 Å². The first-order chi connectivity index (χ1) is 9.84. The van der Waals surface area contributed by atoms with Gasteiger partial charge in [0, 0.05) is 13.0 Å². The highest BCUT2D eigenvalue weighted by molar-refractivity contribution is 5.82. The lowest BCUT2D eigenvalue weighted by Gasteiger charge is -2.37. The van der Waals surface area contributed by atoms with Gasteiger partial charge < -0.3 is 10.1 Å². The zero-order chi connectivity index (χ0) is 15.3. The van der Waals surface area contributed by atoms with Crippen LogP contribution in [-0.2, 0) is 9.53 Å². The molecule has 1 amide bonds. The van der Waals surface area contributed by atoms with Gasteiger partial charge in [0.15, 0.2) is 0 Å². The number of ether oxygens (including phenoxy) is 1. The molecule has 4 atom stereocenters. The van der Waals surface area contributed by atoms with E-state index < -0.39 is 23.3 Å². The van der Waals surface area contributed by atoms with E-state index in [1.54, 1.807) is 7.11 Å². The monoisotopic (exact) mass is 302 g/mol. The lowest BCUT2D eigenvalue weighted by atomic mass is 9.78. The van der Waals surface area contributed by atoms with Gasteiger partial charge in [0.05, 0.1) is 11.7 Å². The van der Waals surface area contributed by atoms with Crippen LogP contribution in [0.25, 0.3) is 0 Å². The normalized spacial score (nSPS) is 41.0. The van der Waals surface area contributed by atoms with Crippen molar-refractivity contribution >= 4 is 5.91 Å². The van der Waals surface area contributed by atoms with Gasteiger partial charge in [-0.1, -0.05) is 24.3 Å². The highest BCUT2D eigenvalue weighted by Crippen LogP contribution is 2.51. The molecule has 4 nitrogen and oxygen atoms in total. The Morgan fingerprint density at radius 1 is 1.43 bits per heavy atom. The summed E-state index contributed by atoms with van der Waals surface area (Å²) in [6.45, 7) is 0. The number of hydrogen-bond acceptors (Lipinski definition) is 3. The molecule has 21 heavy (non-hydrogen) atoms. The Morgan fingerprint density at radius 3 is 2.86 bits per heavy atom. The third kappa shape index (κ3) is 2.02. The van der Waals surface area contributed by atoms with Gasteiger partial charge in [-0.25, -0.2) is 0 Å². The number of methoxy groups -OCH3 is 1. The fourth-order valence-electron chi connectivity index (χ4n) is 3.99. The van der Waals surface area contributed by atoms with Crippen molar-refractivity contribution in [1.29, 1.82) is 0 Å². The number of hydrogen-bond donors (Lipinski definition) is 2. The summed E-state index contributed by atoms with van der Waals surface area (Å²) < 4.78 is 43.5. The summed E-state index contributed by atoms with van der Waals surface area (Å²) in [6, 6.07) is -0.244. The van der Waals surface area contributed by atoms with Gasteiger partial charge >= 0.3 is 12.1 Å². The minimum Gasteiger partial charge on any atom is -0.372 e. The molecular formula is C14H17F3N2O2. The predicted molar refractivity (Wildman–Crippen MR) is 69.2 cm³/mol. The van der Waals surface area contributed by atoms with Gasteiger partial charge in [-0.15, -0.1) is 0 Å². The van der Waals surface area contributed by atoms with E-state index >= 15 is 0 Å². The molecule has 0 aromatic heterocycles. The molecule has 0 aromatic carbocycles. The van der Waals surface area contributed by atoms with Gasteiger partial charge in [-0.05, 0) is 19.3 Å². The van der Waals surface area contributed by atoms with E-state index in [1.165, 1.54) is 0 Å². The number of carbonyl (C=O) groups is 1. The van der Waals surface area contributed by atoms with Crippen LogP contribution in [0.2, 0.25) is 0 Å². The number of rotatable bonds is 2. The van der Waals surface area contributed by atoms with Crippen molar-refractivity contribution in [2.75, 3.05) is 7.11 Å². The zero-order valence-electron chi connectivity index (χ0n) is 11.5. The molecule has 0 aromatic rings. The maximum absolute atomic E-state index is 12.6. The summed E-state index contributed by atoms with van der Waals surface area (Å²) in [4.78, 5) is 11.4. The SMILES string of the molecule is COC12C=CC=CC1N[C@@]1(NC(=O)C(F)(F)F)CCC[C@@H]21. The number of nitrogens with one attached hydrogen (secondary N) is 2. The first kappa shape index (κ1) is 14.6. The summed E-state index contributed by atoms with van der Waals surface area (Å²) in [6.07, 6.45) is 4.42. The standard InChI is InChI=1S/C14H17F3N2O2/c1-21-12-7-3-2-6-10(12)18-13(8-4-5-9(12)13)19-11(20)14(15,16)17/h2-3,6-7,9-10,18H,4-5,8H2,1H3,(H,19,20)/t9-,10?,12?,13+/m0/s1. The molecule has 2 aliphatic carbocycles. The Kier molecular flexibility index (Phi) is 3.18. The smallest absolute Gasteiger partial charge is 0.372 e. The van der Waals surface area contributed by atoms with Gasteiger partial charge in [0.2, 0.25) is 0 Å². The molecule has 0 bridgehead atoms. The minimum absolute atomic E-state index is 0.229. The van der Waals surface area contributed by atoms with Crippen LogP contribution in [-0.4, -0.2) is 36.5 Å². The van der Waals surface area contributed by atoms with Crippen LogP contribution in [0.15, 0.2) is 24.3 Å². The number of allylic oxidation sites excluding steroid dienone is 2. The van der Waals surface area contributed by atoms with E-state index in [-0.39, 0.29) is 12.0 Å². The third-order valence-corrected chi connectivity index (χ3v) is 4.82. The van der Waals surface area contributed by atoms with Crippen LogP contribution in [0.1, 0.15) is 19.3 Å². The van der Waals surface area contributed by atoms with Crippen molar-refractivity contribution in [2.24, 2.45) is 5.92 Å². The number of halogens is 3. The van der Waals surface area contributed by atoms with E-state index in [4.69, 9.17) is 4.74 Å². The number of amides is 1. The Bertz CT molecular complexity index is 517. The Hall–Kier alpha value is -1.34. The van der Waals surface area contributed by atoms with Crippen LogP contribution in [0.5, 0.6) is 0 Å². The summed E-state index contributed by atoms with van der Waals surface area (Å²) in [5, 5.41) is 5.36. The Balaban J connectivity index is 1.94. The average Bonchev–Trinajstić information content (AvgIpc) is 2.92. The maximum Gasteiger partial charge on any atom is 0.471 e. The number of fused-ring (bicyclic) bond motifs is 3. The van der Waals surface area contributed by atoms with E-state index in [0.29, 0.717) is 12.8 Å². The number of alkyl halides is 3. The third-order valence-electron chi connectivity index (χ3n) is 4.82. The van der Waals surface area contributed by atoms with Gasteiger partial charge in [0.1, 0.15) is 5.60 Å². The van der Waals surface area contributed by atoms with E-state index in [2.05, 4.69) is 10.6 Å². The van der Waals surface area contributed by atoms with Crippen LogP contribution >= 0.6 is 0 Å². The van der Waals surface area contributed by atoms with Crippen LogP contribution in [0, 0.1) is 5.92 Å². The number of carbonyl (C=O) groups excluding carboxylic acids is 1. The lowest BCUT2D eigenvalue weighted by Crippen LogP contribution is -2.60. The molecule has 7 heteroatoms. The van der Waals surface area contributed by atoms with E-state index in [0.717, 1.165) is 6.42 Å². The topological polar surface area (TPSA) is 50.4 Å².